The predicted octanol–water partition coefficient (Wildman–Crippen LogP) is 4.33. The summed E-state index contributed by atoms with van der Waals surface area (Å²) < 4.78 is 27.7. The standard InChI is InChI=1S/C15H9Cl2NO3S2/c16-10-1-3-12(13(17)8-10)15(19)18-23(20,21)11-2-4-14-9(7-11)5-6-22-14/h1-8H,(H,18,19). The number of carbonyl (C=O) groups excluding carboxylic acids is 1. The van der Waals surface area contributed by atoms with Crippen molar-refractivity contribution in [2.75, 3.05) is 0 Å². The molecule has 0 aliphatic carbocycles. The van der Waals surface area contributed by atoms with Crippen LogP contribution in [0.5, 0.6) is 0 Å². The molecule has 0 fully saturated rings. The number of sulfonamides is 1. The Balaban J connectivity index is 1.92. The molecule has 0 atom stereocenters. The van der Waals surface area contributed by atoms with Crippen LogP contribution < -0.4 is 4.72 Å². The Morgan fingerprint density at radius 2 is 1.83 bits per heavy atom. The second kappa shape index (κ2) is 6.13. The highest BCUT2D eigenvalue weighted by Gasteiger charge is 2.20. The highest BCUT2D eigenvalue weighted by Crippen LogP contribution is 2.25. The fraction of sp³-hybridized carbons (Fsp3) is 0. The maximum Gasteiger partial charge on any atom is 0.266 e. The summed E-state index contributed by atoms with van der Waals surface area (Å²) in [6, 6.07) is 10.7. The molecule has 3 rings (SSSR count). The number of carbonyl (C=O) groups is 1. The average Bonchev–Trinajstić information content (AvgIpc) is 2.93. The summed E-state index contributed by atoms with van der Waals surface area (Å²) >= 11 is 13.2. The molecule has 0 bridgehead atoms. The fourth-order valence-electron chi connectivity index (χ4n) is 2.02. The second-order valence-corrected chi connectivity index (χ2v) is 8.15. The first-order valence-corrected chi connectivity index (χ1v) is 9.48. The van der Waals surface area contributed by atoms with E-state index in [4.69, 9.17) is 23.2 Å². The van der Waals surface area contributed by atoms with E-state index in [2.05, 4.69) is 0 Å². The summed E-state index contributed by atoms with van der Waals surface area (Å²) in [4.78, 5) is 12.2. The second-order valence-electron chi connectivity index (χ2n) is 4.68. The maximum atomic E-state index is 12.4. The highest BCUT2D eigenvalue weighted by molar-refractivity contribution is 7.90. The van der Waals surface area contributed by atoms with Gasteiger partial charge in [-0.1, -0.05) is 23.2 Å². The van der Waals surface area contributed by atoms with Gasteiger partial charge in [-0.25, -0.2) is 13.1 Å². The quantitative estimate of drug-likeness (QED) is 0.729. The minimum atomic E-state index is -3.99. The summed E-state index contributed by atoms with van der Waals surface area (Å²) in [5.74, 6) is -0.808. The Kier molecular flexibility index (Phi) is 4.33. The first kappa shape index (κ1) is 16.3. The molecule has 0 aliphatic heterocycles. The number of hydrogen-bond donors (Lipinski definition) is 1. The molecule has 1 heterocycles. The molecule has 2 aromatic carbocycles. The monoisotopic (exact) mass is 385 g/mol. The molecule has 0 unspecified atom stereocenters. The van der Waals surface area contributed by atoms with Gasteiger partial charge in [-0.2, -0.15) is 0 Å². The summed E-state index contributed by atoms with van der Waals surface area (Å²) in [6.07, 6.45) is 0. The van der Waals surface area contributed by atoms with E-state index in [1.165, 1.54) is 41.7 Å². The van der Waals surface area contributed by atoms with E-state index in [0.717, 1.165) is 10.1 Å². The molecule has 0 spiro atoms. The summed E-state index contributed by atoms with van der Waals surface area (Å²) in [5.41, 5.74) is 0.0382. The van der Waals surface area contributed by atoms with Crippen molar-refractivity contribution in [1.82, 2.24) is 4.72 Å². The molecule has 8 heteroatoms. The number of benzene rings is 2. The van der Waals surface area contributed by atoms with Crippen LogP contribution in [-0.4, -0.2) is 14.3 Å². The summed E-state index contributed by atoms with van der Waals surface area (Å²) in [5, 5.41) is 3.11. The molecular formula is C15H9Cl2NO3S2. The van der Waals surface area contributed by atoms with E-state index in [1.54, 1.807) is 6.07 Å². The fourth-order valence-corrected chi connectivity index (χ4v) is 4.29. The zero-order valence-electron chi connectivity index (χ0n) is 11.4. The van der Waals surface area contributed by atoms with E-state index in [1.807, 2.05) is 16.2 Å². The van der Waals surface area contributed by atoms with Gasteiger partial charge in [-0.05, 0) is 53.2 Å². The van der Waals surface area contributed by atoms with Crippen molar-refractivity contribution >= 4 is 60.6 Å². The number of nitrogens with one attached hydrogen (secondary N) is 1. The summed E-state index contributed by atoms with van der Waals surface area (Å²) in [6.45, 7) is 0. The molecule has 0 radical (unpaired) electrons. The first-order chi connectivity index (χ1) is 10.9. The molecule has 3 aromatic rings. The van der Waals surface area contributed by atoms with E-state index >= 15 is 0 Å². The van der Waals surface area contributed by atoms with Crippen molar-refractivity contribution in [1.29, 1.82) is 0 Å². The van der Waals surface area contributed by atoms with Crippen LogP contribution in [0.4, 0.5) is 0 Å². The number of fused-ring (bicyclic) bond motifs is 1. The largest absolute Gasteiger partial charge is 0.268 e. The van der Waals surface area contributed by atoms with Crippen LogP contribution in [0.1, 0.15) is 10.4 Å². The van der Waals surface area contributed by atoms with Crippen LogP contribution in [0.3, 0.4) is 0 Å². The zero-order valence-corrected chi connectivity index (χ0v) is 14.6. The Labute approximate surface area is 146 Å². The van der Waals surface area contributed by atoms with Crippen LogP contribution in [0.25, 0.3) is 10.1 Å². The molecule has 1 N–H and O–H groups in total. The molecule has 1 aromatic heterocycles. The highest BCUT2D eigenvalue weighted by atomic mass is 35.5. The minimum Gasteiger partial charge on any atom is -0.268 e. The van der Waals surface area contributed by atoms with Crippen LogP contribution in [0, 0.1) is 0 Å². The van der Waals surface area contributed by atoms with Gasteiger partial charge in [0, 0.05) is 9.72 Å². The van der Waals surface area contributed by atoms with E-state index in [9.17, 15) is 13.2 Å². The van der Waals surface area contributed by atoms with Crippen molar-refractivity contribution in [3.05, 3.63) is 63.5 Å². The lowest BCUT2D eigenvalue weighted by Gasteiger charge is -2.08. The number of thiophene rings is 1. The van der Waals surface area contributed by atoms with E-state index < -0.39 is 15.9 Å². The number of amides is 1. The van der Waals surface area contributed by atoms with Gasteiger partial charge in [-0.15, -0.1) is 11.3 Å². The molecule has 118 valence electrons. The van der Waals surface area contributed by atoms with Crippen molar-refractivity contribution in [3.63, 3.8) is 0 Å². The van der Waals surface area contributed by atoms with Crippen LogP contribution in [0.2, 0.25) is 10.0 Å². The Morgan fingerprint density at radius 1 is 1.04 bits per heavy atom. The van der Waals surface area contributed by atoms with Gasteiger partial charge in [0.2, 0.25) is 0 Å². The van der Waals surface area contributed by atoms with Crippen LogP contribution in [-0.2, 0) is 10.0 Å². The molecule has 0 aliphatic rings. The minimum absolute atomic E-state index is 0.0156. The smallest absolute Gasteiger partial charge is 0.266 e. The number of rotatable bonds is 3. The third-order valence-corrected chi connectivity index (χ3v) is 5.91. The Bertz CT molecular complexity index is 1010. The zero-order chi connectivity index (χ0) is 16.6. The maximum absolute atomic E-state index is 12.4. The van der Waals surface area contributed by atoms with Gasteiger partial charge in [0.15, 0.2) is 0 Å². The lowest BCUT2D eigenvalue weighted by atomic mass is 10.2. The summed E-state index contributed by atoms with van der Waals surface area (Å²) in [7, 11) is -3.99. The van der Waals surface area contributed by atoms with Crippen molar-refractivity contribution < 1.29 is 13.2 Å². The van der Waals surface area contributed by atoms with Crippen molar-refractivity contribution in [2.24, 2.45) is 0 Å². The molecule has 0 saturated carbocycles. The first-order valence-electron chi connectivity index (χ1n) is 6.36. The SMILES string of the molecule is O=C(NS(=O)(=O)c1ccc2sccc2c1)c1ccc(Cl)cc1Cl. The van der Waals surface area contributed by atoms with Gasteiger partial charge < -0.3 is 0 Å². The number of hydrogen-bond acceptors (Lipinski definition) is 4. The third kappa shape index (κ3) is 3.35. The Morgan fingerprint density at radius 3 is 2.57 bits per heavy atom. The van der Waals surface area contributed by atoms with Gasteiger partial charge >= 0.3 is 0 Å². The molecular weight excluding hydrogens is 377 g/mol. The van der Waals surface area contributed by atoms with Crippen molar-refractivity contribution in [2.45, 2.75) is 4.90 Å². The molecule has 4 nitrogen and oxygen atoms in total. The topological polar surface area (TPSA) is 63.2 Å². The lowest BCUT2D eigenvalue weighted by molar-refractivity contribution is 0.0981. The number of halogens is 2. The third-order valence-electron chi connectivity index (χ3n) is 3.14. The average molecular weight is 386 g/mol. The predicted molar refractivity (Wildman–Crippen MR) is 92.9 cm³/mol. The van der Waals surface area contributed by atoms with Crippen LogP contribution >= 0.6 is 34.5 Å². The van der Waals surface area contributed by atoms with E-state index in [-0.39, 0.29) is 15.5 Å². The van der Waals surface area contributed by atoms with Crippen LogP contribution in [0.15, 0.2) is 52.7 Å². The van der Waals surface area contributed by atoms with Gasteiger partial charge in [0.1, 0.15) is 0 Å². The van der Waals surface area contributed by atoms with E-state index in [0.29, 0.717) is 5.02 Å². The lowest BCUT2D eigenvalue weighted by Crippen LogP contribution is -2.30. The molecule has 23 heavy (non-hydrogen) atoms. The van der Waals surface area contributed by atoms with Gasteiger partial charge in [-0.3, -0.25) is 4.79 Å². The normalized spacial score (nSPS) is 11.6. The molecule has 1 amide bonds. The Hall–Kier alpha value is -1.60. The van der Waals surface area contributed by atoms with Crippen molar-refractivity contribution in [3.8, 4) is 0 Å². The van der Waals surface area contributed by atoms with Gasteiger partial charge in [0.05, 0.1) is 15.5 Å². The molecule has 0 saturated heterocycles. The van der Waals surface area contributed by atoms with Gasteiger partial charge in [0.25, 0.3) is 15.9 Å².